The molecule has 0 unspecified atom stereocenters. The summed E-state index contributed by atoms with van der Waals surface area (Å²) in [5, 5.41) is 0. The molecule has 146 valence electrons. The number of benzene rings is 3. The smallest absolute Gasteiger partial charge is 0.206 e. The fraction of sp³-hybridized carbons (Fsp3) is 0.280. The highest BCUT2D eigenvalue weighted by Crippen LogP contribution is 2.28. The topological polar surface area (TPSA) is 0 Å². The minimum absolute atomic E-state index is 0.297. The van der Waals surface area contributed by atoms with Gasteiger partial charge in [0.25, 0.3) is 6.43 Å². The molecule has 0 radical (unpaired) electrons. The first-order valence-corrected chi connectivity index (χ1v) is 9.74. The van der Waals surface area contributed by atoms with Crippen LogP contribution in [0, 0.1) is 12.7 Å². The van der Waals surface area contributed by atoms with Gasteiger partial charge in [0.05, 0.1) is 5.56 Å². The van der Waals surface area contributed by atoms with Crippen LogP contribution in [0.5, 0.6) is 0 Å². The zero-order chi connectivity index (χ0) is 20.1. The van der Waals surface area contributed by atoms with Gasteiger partial charge in [-0.3, -0.25) is 0 Å². The molecule has 28 heavy (non-hydrogen) atoms. The Labute approximate surface area is 165 Å². The molecular formula is C25H25F3. The molecule has 0 nitrogen and oxygen atoms in total. The summed E-state index contributed by atoms with van der Waals surface area (Å²) in [6.45, 7) is 3.69. The van der Waals surface area contributed by atoms with Crippen LogP contribution < -0.4 is 0 Å². The molecule has 0 aromatic heterocycles. The first-order valence-electron chi connectivity index (χ1n) is 9.74. The van der Waals surface area contributed by atoms with E-state index in [1.807, 2.05) is 12.1 Å². The molecule has 0 aliphatic carbocycles. The van der Waals surface area contributed by atoms with Crippen molar-refractivity contribution in [2.24, 2.45) is 0 Å². The Morgan fingerprint density at radius 2 is 1.25 bits per heavy atom. The van der Waals surface area contributed by atoms with E-state index in [2.05, 4.69) is 43.3 Å². The molecule has 0 saturated heterocycles. The summed E-state index contributed by atoms with van der Waals surface area (Å²) in [4.78, 5) is 0. The van der Waals surface area contributed by atoms with Gasteiger partial charge in [0.1, 0.15) is 5.82 Å². The lowest BCUT2D eigenvalue weighted by Crippen LogP contribution is -2.02. The van der Waals surface area contributed by atoms with Gasteiger partial charge in [0.2, 0.25) is 0 Å². The van der Waals surface area contributed by atoms with Crippen LogP contribution in [0.1, 0.15) is 47.6 Å². The van der Waals surface area contributed by atoms with Crippen LogP contribution in [0.4, 0.5) is 13.2 Å². The van der Waals surface area contributed by atoms with Crippen LogP contribution in [0.25, 0.3) is 11.1 Å². The Morgan fingerprint density at radius 1 is 0.714 bits per heavy atom. The van der Waals surface area contributed by atoms with E-state index in [0.29, 0.717) is 24.0 Å². The molecule has 0 aliphatic heterocycles. The van der Waals surface area contributed by atoms with Gasteiger partial charge in [-0.1, -0.05) is 74.0 Å². The molecule has 0 N–H and O–H groups in total. The maximum atomic E-state index is 14.4. The van der Waals surface area contributed by atoms with E-state index in [1.54, 1.807) is 12.1 Å². The Bertz CT molecular complexity index is 910. The van der Waals surface area contributed by atoms with Crippen LogP contribution in [0.3, 0.4) is 0 Å². The van der Waals surface area contributed by atoms with Crippen molar-refractivity contribution in [2.75, 3.05) is 0 Å². The molecule has 0 fully saturated rings. The van der Waals surface area contributed by atoms with Crippen molar-refractivity contribution in [2.45, 2.75) is 46.0 Å². The molecule has 0 spiro atoms. The quantitative estimate of drug-likeness (QED) is 0.397. The summed E-state index contributed by atoms with van der Waals surface area (Å²) in [5.74, 6) is -0.765. The summed E-state index contributed by atoms with van der Waals surface area (Å²) in [6, 6.07) is 19.9. The van der Waals surface area contributed by atoms with E-state index in [9.17, 15) is 13.2 Å². The Morgan fingerprint density at radius 3 is 1.75 bits per heavy atom. The maximum Gasteiger partial charge on any atom is 0.266 e. The van der Waals surface area contributed by atoms with Gasteiger partial charge in [-0.05, 0) is 59.6 Å². The van der Waals surface area contributed by atoms with Crippen LogP contribution in [-0.4, -0.2) is 0 Å². The Balaban J connectivity index is 1.69. The van der Waals surface area contributed by atoms with Gasteiger partial charge in [0, 0.05) is 0 Å². The fourth-order valence-corrected chi connectivity index (χ4v) is 3.49. The van der Waals surface area contributed by atoms with Crippen molar-refractivity contribution in [3.8, 4) is 11.1 Å². The minimum atomic E-state index is -2.79. The average molecular weight is 382 g/mol. The minimum Gasteiger partial charge on any atom is -0.206 e. The van der Waals surface area contributed by atoms with E-state index in [0.717, 1.165) is 29.5 Å². The molecule has 0 heterocycles. The van der Waals surface area contributed by atoms with Crippen molar-refractivity contribution >= 4 is 0 Å². The van der Waals surface area contributed by atoms with Gasteiger partial charge in [-0.2, -0.15) is 0 Å². The van der Waals surface area contributed by atoms with Gasteiger partial charge in [-0.15, -0.1) is 0 Å². The number of halogens is 3. The molecular weight excluding hydrogens is 357 g/mol. The highest BCUT2D eigenvalue weighted by molar-refractivity contribution is 5.64. The van der Waals surface area contributed by atoms with Crippen LogP contribution in [0.2, 0.25) is 0 Å². The first-order chi connectivity index (χ1) is 13.5. The molecule has 3 aromatic rings. The molecule has 0 bridgehead atoms. The second-order valence-corrected chi connectivity index (χ2v) is 7.21. The fourth-order valence-electron chi connectivity index (χ4n) is 3.49. The molecule has 0 saturated carbocycles. The zero-order valence-corrected chi connectivity index (χ0v) is 16.3. The summed E-state index contributed by atoms with van der Waals surface area (Å²) in [6.07, 6.45) is 0.439. The second-order valence-electron chi connectivity index (χ2n) is 7.21. The molecule has 3 heteroatoms. The summed E-state index contributed by atoms with van der Waals surface area (Å²) in [5.41, 5.74) is 4.86. The monoisotopic (exact) mass is 382 g/mol. The van der Waals surface area contributed by atoms with Gasteiger partial charge in [-0.25, -0.2) is 13.2 Å². The molecule has 0 aliphatic rings. The highest BCUT2D eigenvalue weighted by atomic mass is 19.3. The molecule has 3 rings (SSSR count). The number of alkyl halides is 2. The van der Waals surface area contributed by atoms with Crippen LogP contribution >= 0.6 is 0 Å². The lowest BCUT2D eigenvalue weighted by Gasteiger charge is -2.11. The lowest BCUT2D eigenvalue weighted by molar-refractivity contribution is 0.145. The van der Waals surface area contributed by atoms with Crippen LogP contribution in [0.15, 0.2) is 60.7 Å². The maximum absolute atomic E-state index is 14.4. The zero-order valence-electron chi connectivity index (χ0n) is 16.3. The van der Waals surface area contributed by atoms with E-state index in [1.165, 1.54) is 12.5 Å². The van der Waals surface area contributed by atoms with Crippen molar-refractivity contribution in [1.29, 1.82) is 0 Å². The average Bonchev–Trinajstić information content (AvgIpc) is 2.68. The summed E-state index contributed by atoms with van der Waals surface area (Å²) < 4.78 is 40.5. The van der Waals surface area contributed by atoms with Crippen LogP contribution in [-0.2, 0) is 19.3 Å². The van der Waals surface area contributed by atoms with Crippen molar-refractivity contribution < 1.29 is 13.2 Å². The van der Waals surface area contributed by atoms with Crippen molar-refractivity contribution in [3.63, 3.8) is 0 Å². The van der Waals surface area contributed by atoms with E-state index < -0.39 is 17.8 Å². The normalized spacial score (nSPS) is 11.2. The van der Waals surface area contributed by atoms with E-state index in [-0.39, 0.29) is 0 Å². The summed E-state index contributed by atoms with van der Waals surface area (Å²) >= 11 is 0. The van der Waals surface area contributed by atoms with Crippen molar-refractivity contribution in [1.82, 2.24) is 0 Å². The number of hydrogen-bond donors (Lipinski definition) is 0. The number of hydrogen-bond acceptors (Lipinski definition) is 0. The summed E-state index contributed by atoms with van der Waals surface area (Å²) in [7, 11) is 0. The number of rotatable bonds is 7. The molecule has 0 atom stereocenters. The molecule has 3 aromatic carbocycles. The Hall–Kier alpha value is -2.55. The second kappa shape index (κ2) is 9.09. The predicted octanol–water partition coefficient (Wildman–Crippen LogP) is 7.48. The third-order valence-electron chi connectivity index (χ3n) is 5.16. The van der Waals surface area contributed by atoms with E-state index >= 15 is 0 Å². The lowest BCUT2D eigenvalue weighted by atomic mass is 9.97. The van der Waals surface area contributed by atoms with Gasteiger partial charge < -0.3 is 0 Å². The number of aryl methyl sites for hydroxylation is 4. The van der Waals surface area contributed by atoms with Crippen molar-refractivity contribution in [3.05, 3.63) is 94.3 Å². The Kier molecular flexibility index (Phi) is 6.56. The first kappa shape index (κ1) is 20.2. The van der Waals surface area contributed by atoms with E-state index in [4.69, 9.17) is 0 Å². The van der Waals surface area contributed by atoms with Gasteiger partial charge in [0.15, 0.2) is 0 Å². The largest absolute Gasteiger partial charge is 0.266 e. The van der Waals surface area contributed by atoms with Gasteiger partial charge >= 0.3 is 0 Å². The third-order valence-corrected chi connectivity index (χ3v) is 5.16. The molecule has 0 amide bonds. The standard InChI is InChI=1S/C25H25F3/c1-3-4-18-6-12-20(13-7-18)21-14-8-19(9-15-21)10-16-22-11-5-17(2)23(24(22)26)25(27)28/h5-9,11-15,25H,3-4,10,16H2,1-2H3. The highest BCUT2D eigenvalue weighted by Gasteiger charge is 2.19. The third kappa shape index (κ3) is 4.64. The predicted molar refractivity (Wildman–Crippen MR) is 109 cm³/mol. The SMILES string of the molecule is CCCc1ccc(-c2ccc(CCc3ccc(C)c(C(F)F)c3F)cc2)cc1.